The zero-order valence-corrected chi connectivity index (χ0v) is 21.8. The number of nitrogens with one attached hydrogen (secondary N) is 2. The summed E-state index contributed by atoms with van der Waals surface area (Å²) in [6.07, 6.45) is 3.26. The van der Waals surface area contributed by atoms with Crippen LogP contribution in [0, 0.1) is 0 Å². The average molecular weight is 572 g/mol. The Morgan fingerprint density at radius 3 is 2.45 bits per heavy atom. The summed E-state index contributed by atoms with van der Waals surface area (Å²) in [7, 11) is -4.65. The topological polar surface area (TPSA) is 202 Å². The number of aromatic nitrogens is 2. The molecule has 40 heavy (non-hydrogen) atoms. The van der Waals surface area contributed by atoms with E-state index in [1.165, 1.54) is 12.3 Å². The lowest BCUT2D eigenvalue weighted by molar-refractivity contribution is -0.197. The van der Waals surface area contributed by atoms with Gasteiger partial charge in [0.15, 0.2) is 0 Å². The number of fused-ring (bicyclic) bond motifs is 3. The molecular formula is C25H25N5O9S. The van der Waals surface area contributed by atoms with Gasteiger partial charge in [0.25, 0.3) is 27.8 Å². The largest absolute Gasteiger partial charge is 0.354 e. The summed E-state index contributed by atoms with van der Waals surface area (Å²) in [5.74, 6) is -4.68. The van der Waals surface area contributed by atoms with Crippen LogP contribution in [-0.4, -0.2) is 75.9 Å². The van der Waals surface area contributed by atoms with Gasteiger partial charge in [-0.05, 0) is 25.0 Å². The number of imide groups is 1. The minimum Gasteiger partial charge on any atom is -0.354 e. The molecule has 15 heteroatoms. The van der Waals surface area contributed by atoms with Gasteiger partial charge in [-0.3, -0.25) is 33.7 Å². The third-order valence-electron chi connectivity index (χ3n) is 6.03. The van der Waals surface area contributed by atoms with Gasteiger partial charge >= 0.3 is 5.97 Å². The van der Waals surface area contributed by atoms with Crippen LogP contribution in [0.25, 0.3) is 21.8 Å². The van der Waals surface area contributed by atoms with Crippen molar-refractivity contribution in [3.63, 3.8) is 0 Å². The number of hydrogen-bond acceptors (Lipinski definition) is 10. The van der Waals surface area contributed by atoms with Crippen LogP contribution in [-0.2, 0) is 34.1 Å². The molecule has 0 bridgehead atoms. The van der Waals surface area contributed by atoms with Crippen molar-refractivity contribution >= 4 is 61.5 Å². The van der Waals surface area contributed by atoms with Gasteiger partial charge in [0.2, 0.25) is 5.91 Å². The Morgan fingerprint density at radius 1 is 1.00 bits per heavy atom. The Hall–Kier alpha value is -4.50. The fourth-order valence-corrected chi connectivity index (χ4v) is 4.77. The van der Waals surface area contributed by atoms with Crippen LogP contribution < -0.4 is 10.6 Å². The van der Waals surface area contributed by atoms with Crippen molar-refractivity contribution in [1.29, 1.82) is 0 Å². The van der Waals surface area contributed by atoms with Crippen molar-refractivity contribution in [2.24, 2.45) is 0 Å². The van der Waals surface area contributed by atoms with Gasteiger partial charge in [-0.2, -0.15) is 8.42 Å². The second-order valence-electron chi connectivity index (χ2n) is 8.96. The quantitative estimate of drug-likeness (QED) is 0.126. The monoisotopic (exact) mass is 571 g/mol. The highest BCUT2D eigenvalue weighted by molar-refractivity contribution is 7.85. The normalized spacial score (nSPS) is 14.4. The minimum atomic E-state index is -4.65. The number of nitrogens with zero attached hydrogens (tertiary/aromatic N) is 3. The van der Waals surface area contributed by atoms with Crippen molar-refractivity contribution in [3.8, 4) is 0 Å². The maximum atomic E-state index is 13.1. The van der Waals surface area contributed by atoms with Crippen LogP contribution >= 0.6 is 0 Å². The predicted octanol–water partition coefficient (Wildman–Crippen LogP) is 0.663. The number of hydrogen-bond donors (Lipinski definition) is 3. The SMILES string of the molecule is O=C(CCCCNC(=O)C(CS(=O)(=O)O)NC(=O)c1ccnc2c1ccc1cccnc12)ON1C(=O)CCC1=O. The van der Waals surface area contributed by atoms with Gasteiger partial charge in [0, 0.05) is 49.0 Å². The molecule has 1 aliphatic rings. The van der Waals surface area contributed by atoms with Crippen molar-refractivity contribution in [2.75, 3.05) is 12.3 Å². The number of unbranched alkanes of at least 4 members (excludes halogenated alkanes) is 1. The van der Waals surface area contributed by atoms with E-state index < -0.39 is 51.5 Å². The number of carbonyl (C=O) groups excluding carboxylic acids is 5. The number of carbonyl (C=O) groups is 5. The second-order valence-corrected chi connectivity index (χ2v) is 10.5. The van der Waals surface area contributed by atoms with E-state index >= 15 is 0 Å². The Balaban J connectivity index is 1.36. The third-order valence-corrected chi connectivity index (χ3v) is 6.79. The molecule has 3 heterocycles. The number of benzene rings is 1. The van der Waals surface area contributed by atoms with Crippen molar-refractivity contribution in [2.45, 2.75) is 38.1 Å². The fourth-order valence-electron chi connectivity index (χ4n) is 4.12. The van der Waals surface area contributed by atoms with E-state index in [1.807, 2.05) is 6.07 Å². The van der Waals surface area contributed by atoms with Gasteiger partial charge in [-0.25, -0.2) is 4.79 Å². The van der Waals surface area contributed by atoms with E-state index in [0.29, 0.717) is 21.5 Å². The molecule has 3 N–H and O–H groups in total. The number of amides is 4. The second kappa shape index (κ2) is 12.1. The summed E-state index contributed by atoms with van der Waals surface area (Å²) in [6, 6.07) is 6.80. The first-order valence-corrected chi connectivity index (χ1v) is 13.9. The zero-order valence-electron chi connectivity index (χ0n) is 21.0. The molecule has 2 aromatic heterocycles. The first kappa shape index (κ1) is 28.5. The van der Waals surface area contributed by atoms with Gasteiger partial charge in [-0.1, -0.05) is 18.2 Å². The summed E-state index contributed by atoms with van der Waals surface area (Å²) < 4.78 is 32.5. The predicted molar refractivity (Wildman–Crippen MR) is 139 cm³/mol. The van der Waals surface area contributed by atoms with E-state index in [1.54, 1.807) is 24.4 Å². The van der Waals surface area contributed by atoms with Gasteiger partial charge in [0.1, 0.15) is 11.8 Å². The summed E-state index contributed by atoms with van der Waals surface area (Å²) in [6.45, 7) is 0.00137. The lowest BCUT2D eigenvalue weighted by Gasteiger charge is -2.18. The molecule has 1 aliphatic heterocycles. The van der Waals surface area contributed by atoms with E-state index in [-0.39, 0.29) is 44.2 Å². The highest BCUT2D eigenvalue weighted by atomic mass is 32.2. The van der Waals surface area contributed by atoms with Gasteiger partial charge < -0.3 is 15.5 Å². The molecule has 1 fully saturated rings. The number of pyridine rings is 2. The molecule has 210 valence electrons. The molecule has 14 nitrogen and oxygen atoms in total. The lowest BCUT2D eigenvalue weighted by atomic mass is 10.1. The van der Waals surface area contributed by atoms with Crippen LogP contribution in [0.5, 0.6) is 0 Å². The van der Waals surface area contributed by atoms with Crippen LogP contribution in [0.1, 0.15) is 42.5 Å². The molecule has 4 rings (SSSR count). The number of hydroxylamine groups is 2. The van der Waals surface area contributed by atoms with E-state index in [0.717, 1.165) is 5.39 Å². The molecule has 0 saturated carbocycles. The van der Waals surface area contributed by atoms with Crippen molar-refractivity contribution < 1.29 is 41.8 Å². The van der Waals surface area contributed by atoms with Crippen molar-refractivity contribution in [3.05, 3.63) is 48.3 Å². The summed E-state index contributed by atoms with van der Waals surface area (Å²) in [5.41, 5.74) is 1.13. The maximum absolute atomic E-state index is 13.1. The standard InChI is InChI=1S/C25H25N5O9S/c31-19-8-9-20(32)30(19)39-21(33)5-1-2-11-28-25(35)18(14-40(36,37)38)29-24(34)17-10-13-27-23-16(17)7-6-15-4-3-12-26-22(15)23/h3-4,6-7,10,12-13,18H,1-2,5,8-9,11,14H2,(H,28,35)(H,29,34)(H,36,37,38). The smallest absolute Gasteiger partial charge is 0.333 e. The van der Waals surface area contributed by atoms with E-state index in [2.05, 4.69) is 20.6 Å². The highest BCUT2D eigenvalue weighted by Crippen LogP contribution is 2.24. The highest BCUT2D eigenvalue weighted by Gasteiger charge is 2.32. The van der Waals surface area contributed by atoms with Crippen LogP contribution in [0.4, 0.5) is 0 Å². The molecule has 4 amide bonds. The molecule has 3 aromatic rings. The first-order valence-electron chi connectivity index (χ1n) is 12.3. The van der Waals surface area contributed by atoms with Gasteiger partial charge in [-0.15, -0.1) is 5.06 Å². The van der Waals surface area contributed by atoms with Gasteiger partial charge in [0.05, 0.1) is 16.6 Å². The molecule has 0 radical (unpaired) electrons. The summed E-state index contributed by atoms with van der Waals surface area (Å²) >= 11 is 0. The zero-order chi connectivity index (χ0) is 28.9. The van der Waals surface area contributed by atoms with Crippen LogP contribution in [0.3, 0.4) is 0 Å². The Kier molecular flexibility index (Phi) is 8.64. The van der Waals surface area contributed by atoms with Crippen molar-refractivity contribution in [1.82, 2.24) is 25.7 Å². The molecule has 1 atom stereocenters. The molecule has 0 spiro atoms. The number of rotatable bonds is 11. The Morgan fingerprint density at radius 2 is 1.73 bits per heavy atom. The minimum absolute atomic E-state index is 0.00137. The summed E-state index contributed by atoms with van der Waals surface area (Å²) in [5, 5.41) is 6.49. The molecule has 0 aliphatic carbocycles. The first-order chi connectivity index (χ1) is 19.0. The molecule has 1 unspecified atom stereocenters. The average Bonchev–Trinajstić information content (AvgIpc) is 3.23. The fraction of sp³-hybridized carbons (Fsp3) is 0.320. The molecule has 1 aromatic carbocycles. The Bertz CT molecular complexity index is 1590. The maximum Gasteiger partial charge on any atom is 0.333 e. The lowest BCUT2D eigenvalue weighted by Crippen LogP contribution is -2.50. The molecule has 1 saturated heterocycles. The summed E-state index contributed by atoms with van der Waals surface area (Å²) in [4.78, 5) is 74.1. The molecular weight excluding hydrogens is 546 g/mol. The van der Waals surface area contributed by atoms with Crippen LogP contribution in [0.2, 0.25) is 0 Å². The van der Waals surface area contributed by atoms with E-state index in [4.69, 9.17) is 4.84 Å². The third kappa shape index (κ3) is 6.92. The Labute approximate surface area is 227 Å². The van der Waals surface area contributed by atoms with E-state index in [9.17, 15) is 36.9 Å². The van der Waals surface area contributed by atoms with Crippen LogP contribution in [0.15, 0.2) is 42.7 Å².